The molecule has 0 saturated heterocycles. The Morgan fingerprint density at radius 1 is 0.771 bits per heavy atom. The number of rotatable bonds is 9. The van der Waals surface area contributed by atoms with Crippen molar-refractivity contribution >= 4 is 72.9 Å². The predicted molar refractivity (Wildman–Crippen MR) is 133 cm³/mol. The first kappa shape index (κ1) is 26.8. The second kappa shape index (κ2) is 10.8. The number of nitrogens with one attached hydrogen (secondary N) is 2. The van der Waals surface area contributed by atoms with E-state index in [1.54, 1.807) is 25.2 Å². The molecule has 35 heavy (non-hydrogen) atoms. The third kappa shape index (κ3) is 6.45. The fraction of sp³-hybridized carbons (Fsp3) is 0.150. The Bertz CT molecular complexity index is 1480. The van der Waals surface area contributed by atoms with Gasteiger partial charge >= 0.3 is 0 Å². The van der Waals surface area contributed by atoms with Crippen molar-refractivity contribution in [2.24, 2.45) is 0 Å². The smallest absolute Gasteiger partial charge is 0.297 e. The molecule has 0 saturated carbocycles. The van der Waals surface area contributed by atoms with E-state index in [-0.39, 0.29) is 43.1 Å². The zero-order valence-electron chi connectivity index (χ0n) is 18.5. The van der Waals surface area contributed by atoms with Crippen LogP contribution in [0.25, 0.3) is 12.2 Å². The van der Waals surface area contributed by atoms with Gasteiger partial charge in [0, 0.05) is 18.4 Å². The normalized spacial score (nSPS) is 12.1. The summed E-state index contributed by atoms with van der Waals surface area (Å²) in [6, 6.07) is 8.96. The van der Waals surface area contributed by atoms with E-state index in [1.807, 2.05) is 0 Å². The van der Waals surface area contributed by atoms with Crippen LogP contribution >= 0.6 is 23.2 Å². The first-order chi connectivity index (χ1) is 16.5. The lowest BCUT2D eigenvalue weighted by Crippen LogP contribution is -2.07. The van der Waals surface area contributed by atoms with Gasteiger partial charge in [0.05, 0.1) is 14.2 Å². The van der Waals surface area contributed by atoms with Gasteiger partial charge in [-0.2, -0.15) is 31.8 Å². The number of hydrogen-bond donors (Lipinski definition) is 2. The molecule has 1 heterocycles. The average Bonchev–Trinajstić information content (AvgIpc) is 2.82. The summed E-state index contributed by atoms with van der Waals surface area (Å²) in [5, 5.41) is 5.35. The van der Waals surface area contributed by atoms with Crippen LogP contribution < -0.4 is 10.6 Å². The van der Waals surface area contributed by atoms with Gasteiger partial charge in [-0.3, -0.25) is 8.37 Å². The van der Waals surface area contributed by atoms with Gasteiger partial charge in [0.25, 0.3) is 20.2 Å². The van der Waals surface area contributed by atoms with Gasteiger partial charge in [-0.05, 0) is 58.6 Å². The summed E-state index contributed by atoms with van der Waals surface area (Å²) in [4.78, 5) is 11.1. The van der Waals surface area contributed by atoms with Gasteiger partial charge in [0.15, 0.2) is 0 Å². The van der Waals surface area contributed by atoms with E-state index in [4.69, 9.17) is 23.2 Å². The topological polar surface area (TPSA) is 149 Å². The summed E-state index contributed by atoms with van der Waals surface area (Å²) in [5.41, 5.74) is 1.34. The molecule has 0 amide bonds. The maximum atomic E-state index is 12.6. The monoisotopic (exact) mass is 559 g/mol. The van der Waals surface area contributed by atoms with Crippen LogP contribution in [0.1, 0.15) is 11.1 Å². The molecule has 0 atom stereocenters. The second-order valence-electron chi connectivity index (χ2n) is 6.65. The molecule has 0 radical (unpaired) electrons. The number of benzene rings is 2. The highest BCUT2D eigenvalue weighted by molar-refractivity contribution is 7.87. The maximum Gasteiger partial charge on any atom is 0.297 e. The molecule has 0 unspecified atom stereocenters. The summed E-state index contributed by atoms with van der Waals surface area (Å²) in [6.45, 7) is 0. The Hall–Kier alpha value is -2.81. The summed E-state index contributed by atoms with van der Waals surface area (Å²) >= 11 is 11.5. The number of nitrogens with zero attached hydrogens (tertiary/aromatic N) is 3. The number of aromatic nitrogens is 3. The highest BCUT2D eigenvalue weighted by atomic mass is 35.5. The van der Waals surface area contributed by atoms with Crippen LogP contribution in [0.4, 0.5) is 17.3 Å². The second-order valence-corrected chi connectivity index (χ2v) is 10.7. The SMILES string of the molecule is CNc1ccc(C=Cc2ccc(Nc3nc(Cl)nc(Cl)n3)cc2S(=O)(=O)OC)c(S(=O)(=O)OC)c1. The van der Waals surface area contributed by atoms with Crippen molar-refractivity contribution in [1.82, 2.24) is 15.0 Å². The van der Waals surface area contributed by atoms with E-state index >= 15 is 0 Å². The van der Waals surface area contributed by atoms with E-state index in [9.17, 15) is 16.8 Å². The maximum absolute atomic E-state index is 12.6. The molecule has 0 aliphatic heterocycles. The highest BCUT2D eigenvalue weighted by Gasteiger charge is 2.20. The molecular formula is C20H19Cl2N5O6S2. The van der Waals surface area contributed by atoms with Gasteiger partial charge in [-0.1, -0.05) is 24.3 Å². The van der Waals surface area contributed by atoms with Crippen LogP contribution in [0.5, 0.6) is 0 Å². The Kier molecular flexibility index (Phi) is 8.30. The lowest BCUT2D eigenvalue weighted by atomic mass is 10.1. The van der Waals surface area contributed by atoms with Crippen molar-refractivity contribution < 1.29 is 25.2 Å². The molecule has 0 aliphatic rings. The molecule has 0 bridgehead atoms. The third-order valence-electron chi connectivity index (χ3n) is 4.57. The summed E-state index contributed by atoms with van der Waals surface area (Å²) < 4.78 is 59.4. The van der Waals surface area contributed by atoms with Crippen LogP contribution in [0, 0.1) is 0 Å². The van der Waals surface area contributed by atoms with Crippen molar-refractivity contribution in [3.63, 3.8) is 0 Å². The van der Waals surface area contributed by atoms with Gasteiger partial charge in [0.1, 0.15) is 9.79 Å². The van der Waals surface area contributed by atoms with Gasteiger partial charge < -0.3 is 10.6 Å². The zero-order valence-corrected chi connectivity index (χ0v) is 21.6. The van der Waals surface area contributed by atoms with Crippen molar-refractivity contribution in [3.05, 3.63) is 58.1 Å². The van der Waals surface area contributed by atoms with Gasteiger partial charge in [-0.25, -0.2) is 0 Å². The van der Waals surface area contributed by atoms with Gasteiger partial charge in [-0.15, -0.1) is 0 Å². The molecule has 0 spiro atoms. The first-order valence-electron chi connectivity index (χ1n) is 9.58. The fourth-order valence-corrected chi connectivity index (χ4v) is 5.00. The lowest BCUT2D eigenvalue weighted by molar-refractivity contribution is 0.396. The number of anilines is 3. The molecule has 11 nitrogen and oxygen atoms in total. The van der Waals surface area contributed by atoms with Crippen LogP contribution in [0.2, 0.25) is 10.6 Å². The zero-order chi connectivity index (χ0) is 25.8. The van der Waals surface area contributed by atoms with E-state index < -0.39 is 20.2 Å². The minimum absolute atomic E-state index is 0.00176. The molecular weight excluding hydrogens is 541 g/mol. The standard InChI is InChI=1S/C20H19Cl2N5O6S2/c1-23-14-8-6-12(16(10-14)34(28,29)32-2)4-5-13-7-9-15(11-17(13)35(30,31)33-3)24-20-26-18(21)25-19(22)27-20/h4-11,23H,1-3H3,(H,24,25,26,27). The molecule has 15 heteroatoms. The first-order valence-corrected chi connectivity index (χ1v) is 13.2. The average molecular weight is 560 g/mol. The molecule has 0 aliphatic carbocycles. The lowest BCUT2D eigenvalue weighted by Gasteiger charge is -2.11. The molecule has 1 aromatic heterocycles. The highest BCUT2D eigenvalue weighted by Crippen LogP contribution is 2.28. The van der Waals surface area contributed by atoms with Crippen molar-refractivity contribution in [1.29, 1.82) is 0 Å². The van der Waals surface area contributed by atoms with E-state index in [1.165, 1.54) is 30.4 Å². The largest absolute Gasteiger partial charge is 0.388 e. The summed E-state index contributed by atoms with van der Waals surface area (Å²) in [7, 11) is -4.49. The molecule has 3 rings (SSSR count). The fourth-order valence-electron chi connectivity index (χ4n) is 2.88. The van der Waals surface area contributed by atoms with Crippen LogP contribution in [-0.4, -0.2) is 53.1 Å². The van der Waals surface area contributed by atoms with E-state index in [2.05, 4.69) is 34.0 Å². The van der Waals surface area contributed by atoms with Crippen LogP contribution in [0.15, 0.2) is 46.2 Å². The van der Waals surface area contributed by atoms with Crippen molar-refractivity contribution in [3.8, 4) is 0 Å². The summed E-state index contributed by atoms with van der Waals surface area (Å²) in [5.74, 6) is -0.00176. The number of hydrogen-bond acceptors (Lipinski definition) is 11. The Morgan fingerprint density at radius 3 is 1.69 bits per heavy atom. The molecule has 3 aromatic rings. The van der Waals surface area contributed by atoms with Crippen LogP contribution in [0.3, 0.4) is 0 Å². The Balaban J connectivity index is 2.07. The number of halogens is 2. The minimum atomic E-state index is -4.17. The predicted octanol–water partition coefficient (Wildman–Crippen LogP) is 3.80. The third-order valence-corrected chi connectivity index (χ3v) is 7.57. The minimum Gasteiger partial charge on any atom is -0.388 e. The van der Waals surface area contributed by atoms with Crippen molar-refractivity contribution in [2.75, 3.05) is 31.9 Å². The molecule has 186 valence electrons. The Morgan fingerprint density at radius 2 is 1.23 bits per heavy atom. The molecule has 0 fully saturated rings. The summed E-state index contributed by atoms with van der Waals surface area (Å²) in [6.07, 6.45) is 2.89. The van der Waals surface area contributed by atoms with Crippen molar-refractivity contribution in [2.45, 2.75) is 9.79 Å². The van der Waals surface area contributed by atoms with Crippen LogP contribution in [-0.2, 0) is 28.6 Å². The molecule has 2 N–H and O–H groups in total. The quantitative estimate of drug-likeness (QED) is 0.291. The Labute approximate surface area is 212 Å². The van der Waals surface area contributed by atoms with E-state index in [0.717, 1.165) is 14.2 Å². The van der Waals surface area contributed by atoms with E-state index in [0.29, 0.717) is 5.69 Å². The van der Waals surface area contributed by atoms with Gasteiger partial charge in [0.2, 0.25) is 16.5 Å². The molecule has 2 aromatic carbocycles.